The number of nitrogens with zero attached hydrogens (tertiary/aromatic N) is 1. The Morgan fingerprint density at radius 1 is 1.18 bits per heavy atom. The van der Waals surface area contributed by atoms with E-state index in [0.717, 1.165) is 13.1 Å². The molecule has 0 saturated carbocycles. The third kappa shape index (κ3) is 2.81. The number of hydrogen-bond donors (Lipinski definition) is 1. The van der Waals surface area contributed by atoms with Gasteiger partial charge >= 0.3 is 0 Å². The maximum atomic E-state index is 3.67. The lowest BCUT2D eigenvalue weighted by Gasteiger charge is -2.45. The third-order valence-electron chi connectivity index (χ3n) is 3.70. The fourth-order valence-electron chi connectivity index (χ4n) is 2.42. The molecule has 1 fully saturated rings. The molecule has 1 aromatic rings. The molecular weight excluding hydrogens is 208 g/mol. The molecule has 1 saturated heterocycles. The number of nitrogens with one attached hydrogen (secondary N) is 1. The van der Waals surface area contributed by atoms with Gasteiger partial charge in [-0.05, 0) is 24.5 Å². The molecular formula is C15H24N2. The second-order valence-corrected chi connectivity index (χ2v) is 6.16. The van der Waals surface area contributed by atoms with E-state index in [0.29, 0.717) is 17.5 Å². The zero-order valence-electron chi connectivity index (χ0n) is 11.4. The molecule has 1 N–H and O–H groups in total. The molecule has 17 heavy (non-hydrogen) atoms. The molecule has 1 aliphatic rings. The molecule has 0 radical (unpaired) electrons. The normalized spacial score (nSPS) is 26.0. The molecule has 2 heteroatoms. The Bertz CT molecular complexity index is 353. The molecule has 0 aliphatic carbocycles. The summed E-state index contributed by atoms with van der Waals surface area (Å²) in [6.07, 6.45) is 0. The fraction of sp³-hybridized carbons (Fsp3) is 0.600. The first-order valence-corrected chi connectivity index (χ1v) is 6.53. The van der Waals surface area contributed by atoms with E-state index in [2.05, 4.69) is 68.2 Å². The van der Waals surface area contributed by atoms with Crippen molar-refractivity contribution in [3.63, 3.8) is 0 Å². The number of piperazine rings is 1. The maximum Gasteiger partial charge on any atom is 0.0387 e. The second kappa shape index (κ2) is 4.69. The van der Waals surface area contributed by atoms with Crippen molar-refractivity contribution in [3.8, 4) is 0 Å². The lowest BCUT2D eigenvalue weighted by Crippen LogP contribution is -2.59. The van der Waals surface area contributed by atoms with Gasteiger partial charge in [-0.3, -0.25) is 0 Å². The van der Waals surface area contributed by atoms with Crippen LogP contribution in [0, 0.1) is 5.41 Å². The average Bonchev–Trinajstić information content (AvgIpc) is 2.29. The molecule has 0 aromatic heterocycles. The van der Waals surface area contributed by atoms with Crippen LogP contribution in [-0.4, -0.2) is 25.2 Å². The van der Waals surface area contributed by atoms with E-state index in [9.17, 15) is 0 Å². The molecule has 2 unspecified atom stereocenters. The predicted octanol–water partition coefficient (Wildman–Crippen LogP) is 2.90. The van der Waals surface area contributed by atoms with Gasteiger partial charge in [0.25, 0.3) is 0 Å². The predicted molar refractivity (Wildman–Crippen MR) is 74.5 cm³/mol. The second-order valence-electron chi connectivity index (χ2n) is 6.16. The van der Waals surface area contributed by atoms with Gasteiger partial charge in [0, 0.05) is 30.9 Å². The van der Waals surface area contributed by atoms with Crippen molar-refractivity contribution in [2.24, 2.45) is 5.41 Å². The summed E-state index contributed by atoms with van der Waals surface area (Å²) in [5.74, 6) is 0. The molecule has 0 amide bonds. The van der Waals surface area contributed by atoms with Crippen LogP contribution in [0.2, 0.25) is 0 Å². The Morgan fingerprint density at radius 3 is 2.41 bits per heavy atom. The van der Waals surface area contributed by atoms with Gasteiger partial charge in [0.1, 0.15) is 0 Å². The first kappa shape index (κ1) is 12.4. The topological polar surface area (TPSA) is 15.3 Å². The van der Waals surface area contributed by atoms with Crippen molar-refractivity contribution >= 4 is 5.69 Å². The smallest absolute Gasteiger partial charge is 0.0387 e. The largest absolute Gasteiger partial charge is 0.366 e. The highest BCUT2D eigenvalue weighted by molar-refractivity contribution is 5.47. The van der Waals surface area contributed by atoms with E-state index < -0.39 is 0 Å². The Kier molecular flexibility index (Phi) is 3.43. The monoisotopic (exact) mass is 232 g/mol. The van der Waals surface area contributed by atoms with Crippen molar-refractivity contribution in [1.82, 2.24) is 5.32 Å². The van der Waals surface area contributed by atoms with E-state index in [1.165, 1.54) is 5.69 Å². The van der Waals surface area contributed by atoms with Crippen molar-refractivity contribution < 1.29 is 0 Å². The Hall–Kier alpha value is -1.02. The number of benzene rings is 1. The molecule has 1 aliphatic heterocycles. The van der Waals surface area contributed by atoms with Crippen LogP contribution >= 0.6 is 0 Å². The van der Waals surface area contributed by atoms with Crippen molar-refractivity contribution in [2.75, 3.05) is 18.0 Å². The van der Waals surface area contributed by atoms with Crippen LogP contribution in [0.3, 0.4) is 0 Å². The fourth-order valence-corrected chi connectivity index (χ4v) is 2.42. The average molecular weight is 232 g/mol. The van der Waals surface area contributed by atoms with Crippen molar-refractivity contribution in [3.05, 3.63) is 30.3 Å². The van der Waals surface area contributed by atoms with Crippen LogP contribution in [-0.2, 0) is 0 Å². The molecule has 2 rings (SSSR count). The summed E-state index contributed by atoms with van der Waals surface area (Å²) in [5, 5.41) is 3.67. The zero-order chi connectivity index (χ0) is 12.5. The van der Waals surface area contributed by atoms with Crippen LogP contribution in [0.5, 0.6) is 0 Å². The van der Waals surface area contributed by atoms with Crippen LogP contribution < -0.4 is 10.2 Å². The van der Waals surface area contributed by atoms with Crippen LogP contribution in [0.25, 0.3) is 0 Å². The first-order chi connectivity index (χ1) is 7.98. The summed E-state index contributed by atoms with van der Waals surface area (Å²) >= 11 is 0. The zero-order valence-corrected chi connectivity index (χ0v) is 11.4. The summed E-state index contributed by atoms with van der Waals surface area (Å²) < 4.78 is 0. The summed E-state index contributed by atoms with van der Waals surface area (Å²) in [7, 11) is 0. The highest BCUT2D eigenvalue weighted by Crippen LogP contribution is 2.26. The van der Waals surface area contributed by atoms with Crippen molar-refractivity contribution in [2.45, 2.75) is 39.8 Å². The quantitative estimate of drug-likeness (QED) is 0.801. The number of anilines is 1. The van der Waals surface area contributed by atoms with Crippen LogP contribution in [0.4, 0.5) is 5.69 Å². The number of hydrogen-bond acceptors (Lipinski definition) is 2. The SMILES string of the molecule is CC1CNC(C(C)(C)C)CN1c1ccccc1. The van der Waals surface area contributed by atoms with E-state index in [1.54, 1.807) is 0 Å². The van der Waals surface area contributed by atoms with Crippen molar-refractivity contribution in [1.29, 1.82) is 0 Å². The van der Waals surface area contributed by atoms with Gasteiger partial charge in [-0.25, -0.2) is 0 Å². The van der Waals surface area contributed by atoms with Gasteiger partial charge in [-0.1, -0.05) is 39.0 Å². The first-order valence-electron chi connectivity index (χ1n) is 6.53. The third-order valence-corrected chi connectivity index (χ3v) is 3.70. The standard InChI is InChI=1S/C15H24N2/c1-12-10-16-14(15(2,3)4)11-17(12)13-8-6-5-7-9-13/h5-9,12,14,16H,10-11H2,1-4H3. The van der Waals surface area contributed by atoms with Gasteiger partial charge in [-0.2, -0.15) is 0 Å². The molecule has 2 nitrogen and oxygen atoms in total. The summed E-state index contributed by atoms with van der Waals surface area (Å²) in [6.45, 7) is 11.4. The minimum Gasteiger partial charge on any atom is -0.366 e. The number of para-hydroxylation sites is 1. The highest BCUT2D eigenvalue weighted by atomic mass is 15.2. The molecule has 94 valence electrons. The van der Waals surface area contributed by atoms with E-state index in [1.807, 2.05) is 0 Å². The van der Waals surface area contributed by atoms with Crippen LogP contribution in [0.1, 0.15) is 27.7 Å². The van der Waals surface area contributed by atoms with E-state index in [4.69, 9.17) is 0 Å². The molecule has 2 atom stereocenters. The summed E-state index contributed by atoms with van der Waals surface area (Å²) in [6, 6.07) is 11.9. The Morgan fingerprint density at radius 2 is 1.82 bits per heavy atom. The lowest BCUT2D eigenvalue weighted by molar-refractivity contribution is 0.239. The summed E-state index contributed by atoms with van der Waals surface area (Å²) in [4.78, 5) is 2.52. The van der Waals surface area contributed by atoms with E-state index in [-0.39, 0.29) is 0 Å². The van der Waals surface area contributed by atoms with Gasteiger partial charge in [0.05, 0.1) is 0 Å². The van der Waals surface area contributed by atoms with E-state index >= 15 is 0 Å². The van der Waals surface area contributed by atoms with Crippen LogP contribution in [0.15, 0.2) is 30.3 Å². The summed E-state index contributed by atoms with van der Waals surface area (Å²) in [5.41, 5.74) is 1.66. The minimum absolute atomic E-state index is 0.313. The molecule has 0 bridgehead atoms. The molecule has 1 heterocycles. The van der Waals surface area contributed by atoms with Gasteiger partial charge < -0.3 is 10.2 Å². The van der Waals surface area contributed by atoms with Gasteiger partial charge in [-0.15, -0.1) is 0 Å². The minimum atomic E-state index is 0.313. The molecule has 0 spiro atoms. The van der Waals surface area contributed by atoms with Gasteiger partial charge in [0.15, 0.2) is 0 Å². The Labute approximate surface area is 105 Å². The van der Waals surface area contributed by atoms with Gasteiger partial charge in [0.2, 0.25) is 0 Å². The lowest BCUT2D eigenvalue weighted by atomic mass is 9.84. The molecule has 1 aromatic carbocycles. The number of rotatable bonds is 1. The Balaban J connectivity index is 2.16. The highest BCUT2D eigenvalue weighted by Gasteiger charge is 2.32. The maximum absolute atomic E-state index is 3.67.